The summed E-state index contributed by atoms with van der Waals surface area (Å²) in [6.07, 6.45) is 2.21. The summed E-state index contributed by atoms with van der Waals surface area (Å²) in [5.41, 5.74) is 5.26. The van der Waals surface area contributed by atoms with Crippen molar-refractivity contribution in [2.45, 2.75) is 33.1 Å². The Morgan fingerprint density at radius 1 is 1.50 bits per heavy atom. The summed E-state index contributed by atoms with van der Waals surface area (Å²) in [5, 5.41) is 0. The quantitative estimate of drug-likeness (QED) is 0.631. The molecule has 0 atom stereocenters. The highest BCUT2D eigenvalue weighted by Crippen LogP contribution is 2.03. The second kappa shape index (κ2) is 5.42. The molecule has 60 valence electrons. The first-order valence-electron chi connectivity index (χ1n) is 3.88. The average Bonchev–Trinajstić information content (AvgIpc) is 1.82. The molecule has 0 unspecified atom stereocenters. The van der Waals surface area contributed by atoms with Gasteiger partial charge in [0.25, 0.3) is 0 Å². The van der Waals surface area contributed by atoms with Gasteiger partial charge in [0.2, 0.25) is 0 Å². The number of nitrogens with two attached hydrogens (primary N) is 1. The zero-order chi connectivity index (χ0) is 7.98. The lowest BCUT2D eigenvalue weighted by Crippen LogP contribution is -2.06. The number of hydrogen-bond donors (Lipinski definition) is 1. The molecule has 2 N–H and O–H groups in total. The van der Waals surface area contributed by atoms with Crippen LogP contribution in [0.15, 0.2) is 0 Å². The first kappa shape index (κ1) is 9.63. The summed E-state index contributed by atoms with van der Waals surface area (Å²) in [4.78, 5) is 11.0. The lowest BCUT2D eigenvalue weighted by Gasteiger charge is -2.01. The number of ketones is 1. The van der Waals surface area contributed by atoms with E-state index in [1.807, 2.05) is 0 Å². The Balaban J connectivity index is 3.26. The van der Waals surface area contributed by atoms with Gasteiger partial charge >= 0.3 is 0 Å². The Hall–Kier alpha value is -0.370. The maximum atomic E-state index is 11.0. The molecule has 0 bridgehead atoms. The van der Waals surface area contributed by atoms with Gasteiger partial charge in [0.1, 0.15) is 5.78 Å². The van der Waals surface area contributed by atoms with Crippen LogP contribution >= 0.6 is 0 Å². The van der Waals surface area contributed by atoms with E-state index in [0.717, 1.165) is 6.42 Å². The molecule has 0 aromatic carbocycles. The minimum absolute atomic E-state index is 0.348. The Kier molecular flexibility index (Phi) is 5.22. The minimum Gasteiger partial charge on any atom is -0.330 e. The van der Waals surface area contributed by atoms with Crippen LogP contribution in [0.2, 0.25) is 0 Å². The first-order chi connectivity index (χ1) is 4.66. The van der Waals surface area contributed by atoms with E-state index in [1.165, 1.54) is 0 Å². The molecule has 0 amide bonds. The van der Waals surface area contributed by atoms with E-state index < -0.39 is 0 Å². The van der Waals surface area contributed by atoms with E-state index in [9.17, 15) is 4.79 Å². The third kappa shape index (κ3) is 5.76. The van der Waals surface area contributed by atoms with Crippen molar-refractivity contribution < 1.29 is 4.79 Å². The van der Waals surface area contributed by atoms with E-state index in [-0.39, 0.29) is 0 Å². The Morgan fingerprint density at radius 3 is 2.50 bits per heavy atom. The molecular formula is C8H17NO. The molecule has 0 aromatic heterocycles. The maximum absolute atomic E-state index is 11.0. The highest BCUT2D eigenvalue weighted by molar-refractivity contribution is 5.78. The molecule has 2 nitrogen and oxygen atoms in total. The van der Waals surface area contributed by atoms with Gasteiger partial charge in [-0.2, -0.15) is 0 Å². The lowest BCUT2D eigenvalue weighted by atomic mass is 10.0. The molecule has 0 aromatic rings. The predicted molar refractivity (Wildman–Crippen MR) is 42.8 cm³/mol. The van der Waals surface area contributed by atoms with Crippen molar-refractivity contribution in [1.29, 1.82) is 0 Å². The molecule has 0 radical (unpaired) electrons. The van der Waals surface area contributed by atoms with Crippen LogP contribution in [0.5, 0.6) is 0 Å². The number of Topliss-reactive ketones (excluding diaryl/α,β-unsaturated/α-hetero) is 1. The van der Waals surface area contributed by atoms with E-state index in [1.54, 1.807) is 0 Å². The molecule has 10 heavy (non-hydrogen) atoms. The molecule has 0 rings (SSSR count). The van der Waals surface area contributed by atoms with Crippen LogP contribution in [0.3, 0.4) is 0 Å². The van der Waals surface area contributed by atoms with Crippen molar-refractivity contribution in [3.63, 3.8) is 0 Å². The standard InChI is InChI=1S/C8H17NO/c1-7(2)6-8(10)4-3-5-9/h7H,3-6,9H2,1-2H3. The van der Waals surface area contributed by atoms with Gasteiger partial charge in [-0.15, -0.1) is 0 Å². The molecule has 0 aliphatic carbocycles. The second-order valence-corrected chi connectivity index (χ2v) is 3.03. The van der Waals surface area contributed by atoms with Crippen LogP contribution < -0.4 is 5.73 Å². The summed E-state index contributed by atoms with van der Waals surface area (Å²) in [6.45, 7) is 4.74. The van der Waals surface area contributed by atoms with Gasteiger partial charge in [-0.05, 0) is 18.9 Å². The molecular weight excluding hydrogens is 126 g/mol. The number of rotatable bonds is 5. The normalized spacial score (nSPS) is 10.4. The molecule has 2 heteroatoms. The largest absolute Gasteiger partial charge is 0.330 e. The fourth-order valence-corrected chi connectivity index (χ4v) is 0.857. The lowest BCUT2D eigenvalue weighted by molar-refractivity contribution is -0.119. The van der Waals surface area contributed by atoms with Gasteiger partial charge in [-0.1, -0.05) is 13.8 Å². The van der Waals surface area contributed by atoms with E-state index >= 15 is 0 Å². The second-order valence-electron chi connectivity index (χ2n) is 3.03. The van der Waals surface area contributed by atoms with E-state index in [4.69, 9.17) is 5.73 Å². The molecule has 0 fully saturated rings. The van der Waals surface area contributed by atoms with Crippen molar-refractivity contribution in [1.82, 2.24) is 0 Å². The monoisotopic (exact) mass is 143 g/mol. The SMILES string of the molecule is CC(C)CC(=O)CCCN. The topological polar surface area (TPSA) is 43.1 Å². The Labute approximate surface area is 62.8 Å². The summed E-state index contributed by atoms with van der Waals surface area (Å²) >= 11 is 0. The minimum atomic E-state index is 0.348. The van der Waals surface area contributed by atoms with Gasteiger partial charge in [-0.3, -0.25) is 4.79 Å². The Bertz CT molecular complexity index is 99.4. The number of carbonyl (C=O) groups is 1. The van der Waals surface area contributed by atoms with Gasteiger partial charge in [0.05, 0.1) is 0 Å². The zero-order valence-corrected chi connectivity index (χ0v) is 6.89. The molecule has 0 spiro atoms. The summed E-state index contributed by atoms with van der Waals surface area (Å²) < 4.78 is 0. The molecule has 0 saturated carbocycles. The van der Waals surface area contributed by atoms with Crippen LogP contribution in [-0.4, -0.2) is 12.3 Å². The fraction of sp³-hybridized carbons (Fsp3) is 0.875. The third-order valence-electron chi connectivity index (χ3n) is 1.30. The highest BCUT2D eigenvalue weighted by atomic mass is 16.1. The van der Waals surface area contributed by atoms with E-state index in [0.29, 0.717) is 31.1 Å². The summed E-state index contributed by atoms with van der Waals surface area (Å²) in [6, 6.07) is 0. The summed E-state index contributed by atoms with van der Waals surface area (Å²) in [5.74, 6) is 0.839. The molecule has 0 aliphatic heterocycles. The van der Waals surface area contributed by atoms with Gasteiger partial charge in [0.15, 0.2) is 0 Å². The highest BCUT2D eigenvalue weighted by Gasteiger charge is 2.02. The van der Waals surface area contributed by atoms with Crippen LogP contribution in [0, 0.1) is 5.92 Å². The molecule has 0 saturated heterocycles. The molecule has 0 aliphatic rings. The van der Waals surface area contributed by atoms with E-state index in [2.05, 4.69) is 13.8 Å². The van der Waals surface area contributed by atoms with Crippen molar-refractivity contribution in [3.8, 4) is 0 Å². The van der Waals surface area contributed by atoms with Crippen LogP contribution in [-0.2, 0) is 4.79 Å². The van der Waals surface area contributed by atoms with Crippen molar-refractivity contribution >= 4 is 5.78 Å². The first-order valence-corrected chi connectivity index (χ1v) is 3.88. The maximum Gasteiger partial charge on any atom is 0.133 e. The predicted octanol–water partition coefficient (Wildman–Crippen LogP) is 1.34. The van der Waals surface area contributed by atoms with Crippen molar-refractivity contribution in [3.05, 3.63) is 0 Å². The fourth-order valence-electron chi connectivity index (χ4n) is 0.857. The van der Waals surface area contributed by atoms with Gasteiger partial charge < -0.3 is 5.73 Å². The van der Waals surface area contributed by atoms with Gasteiger partial charge in [-0.25, -0.2) is 0 Å². The van der Waals surface area contributed by atoms with Crippen LogP contribution in [0.1, 0.15) is 33.1 Å². The zero-order valence-electron chi connectivity index (χ0n) is 6.89. The Morgan fingerprint density at radius 2 is 2.10 bits per heavy atom. The third-order valence-corrected chi connectivity index (χ3v) is 1.30. The number of hydrogen-bond acceptors (Lipinski definition) is 2. The smallest absolute Gasteiger partial charge is 0.133 e. The summed E-state index contributed by atoms with van der Waals surface area (Å²) in [7, 11) is 0. The number of carbonyl (C=O) groups excluding carboxylic acids is 1. The van der Waals surface area contributed by atoms with Crippen LogP contribution in [0.4, 0.5) is 0 Å². The molecule has 0 heterocycles. The van der Waals surface area contributed by atoms with Crippen molar-refractivity contribution in [2.24, 2.45) is 11.7 Å². The van der Waals surface area contributed by atoms with Crippen LogP contribution in [0.25, 0.3) is 0 Å². The van der Waals surface area contributed by atoms with Crippen molar-refractivity contribution in [2.75, 3.05) is 6.54 Å². The van der Waals surface area contributed by atoms with Gasteiger partial charge in [0, 0.05) is 12.8 Å². The average molecular weight is 143 g/mol.